The number of carboxylic acid groups (broad SMARTS) is 3. The Morgan fingerprint density at radius 2 is 1.44 bits per heavy atom. The van der Waals surface area contributed by atoms with Gasteiger partial charge in [-0.3, -0.25) is 15.4 Å². The molecule has 0 aliphatic heterocycles. The van der Waals surface area contributed by atoms with E-state index >= 15 is 0 Å². The summed E-state index contributed by atoms with van der Waals surface area (Å²) in [6.45, 7) is -1.61. The van der Waals surface area contributed by atoms with Crippen LogP contribution >= 0.6 is 54.0 Å². The van der Waals surface area contributed by atoms with E-state index in [1.165, 1.54) is 48.2 Å². The first-order valence-corrected chi connectivity index (χ1v) is 28.0. The third-order valence-corrected chi connectivity index (χ3v) is 11.0. The Labute approximate surface area is 469 Å². The summed E-state index contributed by atoms with van der Waals surface area (Å²) in [5, 5.41) is 34.5. The van der Waals surface area contributed by atoms with Crippen molar-refractivity contribution in [3.05, 3.63) is 102 Å². The largest absolute Gasteiger partial charge is 0.778 e. The van der Waals surface area contributed by atoms with Crippen LogP contribution in [0.3, 0.4) is 0 Å². The van der Waals surface area contributed by atoms with Crippen molar-refractivity contribution in [2.24, 2.45) is 0 Å². The van der Waals surface area contributed by atoms with Gasteiger partial charge in [-0.1, -0.05) is 85.2 Å². The first kappa shape index (κ1) is 70.4. The Morgan fingerprint density at radius 1 is 0.899 bits per heavy atom. The molecule has 5 aromatic rings. The molecule has 79 heavy (non-hydrogen) atoms. The second kappa shape index (κ2) is 32.5. The molecule has 0 saturated carbocycles. The van der Waals surface area contributed by atoms with Gasteiger partial charge in [0.15, 0.2) is 5.75 Å². The zero-order chi connectivity index (χ0) is 60.7. The molecule has 0 radical (unpaired) electrons. The quantitative estimate of drug-likeness (QED) is 0.0221. The normalized spacial score (nSPS) is 11.5. The molecule has 0 aliphatic carbocycles. The van der Waals surface area contributed by atoms with Crippen molar-refractivity contribution in [1.29, 1.82) is 0 Å². The first-order chi connectivity index (χ1) is 36.4. The van der Waals surface area contributed by atoms with Crippen LogP contribution in [0.15, 0.2) is 68.7 Å². The van der Waals surface area contributed by atoms with E-state index in [-0.39, 0.29) is 38.0 Å². The number of aliphatic carboxylic acids is 1. The van der Waals surface area contributed by atoms with Crippen LogP contribution in [0.4, 0.5) is 28.3 Å². The lowest BCUT2D eigenvalue weighted by Gasteiger charge is -2.14. The first-order valence-electron chi connectivity index (χ1n) is 20.7. The number of nitrogens with zero attached hydrogens (tertiary/aromatic N) is 4. The Balaban J connectivity index is 0.000000554. The van der Waals surface area contributed by atoms with Crippen LogP contribution in [0, 0.1) is 12.3 Å². The highest BCUT2D eigenvalue weighted by Gasteiger charge is 2.26. The highest BCUT2D eigenvalue weighted by Crippen LogP contribution is 2.35. The average Bonchev–Trinajstić information content (AvgIpc) is 3.70. The number of nitrogens with one attached hydrogen (secondary N) is 3. The van der Waals surface area contributed by atoms with Crippen molar-refractivity contribution >= 4 is 105 Å². The second-order valence-corrected chi connectivity index (χ2v) is 23.0. The Kier molecular flexibility index (Phi) is 28.9. The lowest BCUT2D eigenvalue weighted by atomic mass is 9.97. The van der Waals surface area contributed by atoms with E-state index in [1.807, 2.05) is 26.1 Å². The van der Waals surface area contributed by atoms with E-state index in [2.05, 4.69) is 49.2 Å². The SMILES string of the molecule is C#CCOc1cc(-n2nc(C(C)(C)C)oc2=O)c(Cl)cc1Cl.COc1c(Cl)ccc(Cl)c1C(=O)O.C[S+](C)C.O=C(Nc1nc(OC(F)F)cc(OC(F)F)n1)NS(=O)(=O)c1ccccc1C(=O)O.O=C(O)CNCP(=O)([O-])O. The number of amides is 2. The summed E-state index contributed by atoms with van der Waals surface area (Å²) in [7, 11) is -7.08. The van der Waals surface area contributed by atoms with E-state index in [0.29, 0.717) is 34.3 Å². The summed E-state index contributed by atoms with van der Waals surface area (Å²) in [4.78, 5) is 79.4. The zero-order valence-electron chi connectivity index (χ0n) is 41.6. The number of terminal acetylenes is 1. The number of rotatable bonds is 17. The maximum absolute atomic E-state index is 12.3. The molecule has 0 spiro atoms. The summed E-state index contributed by atoms with van der Waals surface area (Å²) >= 11 is 23.5. The molecule has 1 atom stereocenters. The number of carboxylic acids is 3. The number of aromatic nitrogens is 4. The smallest absolute Gasteiger partial charge is 0.442 e. The number of sulfonamides is 1. The molecule has 0 aliphatic rings. The molecule has 2 heterocycles. The fraction of sp³-hybridized carbons (Fsp3) is 0.302. The minimum absolute atomic E-state index is 0.0434. The molecule has 2 aromatic heterocycles. The summed E-state index contributed by atoms with van der Waals surface area (Å²) in [5.74, 6) is -4.40. The molecule has 7 N–H and O–H groups in total. The number of carbonyl (C=O) groups excluding carboxylic acids is 1. The fourth-order valence-electron chi connectivity index (χ4n) is 4.83. The minimum Gasteiger partial charge on any atom is -0.778 e. The molecule has 0 fully saturated rings. The second-order valence-electron chi connectivity index (χ2n) is 15.6. The Morgan fingerprint density at radius 3 is 1.89 bits per heavy atom. The standard InChI is InChI=1S/C15H14Cl2N2O3.C14H10F4N4O7S.C8H6Cl2O3.C3H8NO5P.C3H9S/c1-5-6-21-12-8-11(9(16)7-10(12)17)19-14(20)22-13(18-19)15(2,3)4;15-11(16)28-8-5-9(29-12(17)18)20-13(19-8)21-14(25)22-30(26,27)7-4-2-1-3-6(7)10(23)24;1-13-7-5(10)3-2-4(9)6(7)8(11)12;5-3(6)1-4-2-10(7,8)9;1-4(2)3/h1,7-8H,6H2,2-4H3;1-5,11-12H,(H,23,24)(H2,19,20,21,22,25);2-3H,1H3,(H,11,12);4H,1-2H2,(H,5,6)(H2,7,8,9);1-3H3/q;;;;+1/p-1. The molecule has 36 heteroatoms. The van der Waals surface area contributed by atoms with Crippen LogP contribution in [-0.4, -0.2) is 131 Å². The lowest BCUT2D eigenvalue weighted by Crippen LogP contribution is -2.35. The fourth-order valence-corrected chi connectivity index (χ4v) is 7.31. The van der Waals surface area contributed by atoms with Crippen molar-refractivity contribution in [1.82, 2.24) is 29.8 Å². The number of hydrogen-bond acceptors (Lipinski definition) is 18. The Hall–Kier alpha value is -6.59. The topological polar surface area (TPSA) is 370 Å². The van der Waals surface area contributed by atoms with Gasteiger partial charge in [-0.25, -0.2) is 32.3 Å². The van der Waals surface area contributed by atoms with Gasteiger partial charge in [0, 0.05) is 11.5 Å². The summed E-state index contributed by atoms with van der Waals surface area (Å²) < 4.78 is 109. The van der Waals surface area contributed by atoms with Crippen LogP contribution in [0.2, 0.25) is 20.1 Å². The predicted molar refractivity (Wildman–Crippen MR) is 279 cm³/mol. The van der Waals surface area contributed by atoms with Crippen molar-refractivity contribution in [2.45, 2.75) is 44.3 Å². The van der Waals surface area contributed by atoms with Gasteiger partial charge in [0.1, 0.15) is 30.4 Å². The number of benzene rings is 3. The molecular formula is C43H46Cl4F4N7O18PS2. The maximum atomic E-state index is 12.3. The number of ether oxygens (including phenoxy) is 4. The highest BCUT2D eigenvalue weighted by atomic mass is 35.5. The number of aromatic carboxylic acids is 2. The van der Waals surface area contributed by atoms with Gasteiger partial charge >= 0.3 is 42.9 Å². The molecule has 0 saturated heterocycles. The molecular weight excluding hydrogens is 1220 g/mol. The molecule has 5 rings (SSSR count). The summed E-state index contributed by atoms with van der Waals surface area (Å²) in [5.41, 5.74) is -0.862. The van der Waals surface area contributed by atoms with Gasteiger partial charge in [0.2, 0.25) is 23.6 Å². The van der Waals surface area contributed by atoms with Crippen molar-refractivity contribution < 1.29 is 98.2 Å². The highest BCUT2D eigenvalue weighted by molar-refractivity contribution is 7.94. The molecule has 1 unspecified atom stereocenters. The van der Waals surface area contributed by atoms with Gasteiger partial charge in [-0.05, 0) is 41.2 Å². The van der Waals surface area contributed by atoms with E-state index in [4.69, 9.17) is 86.9 Å². The molecule has 3 aromatic carbocycles. The molecule has 0 bridgehead atoms. The minimum atomic E-state index is -4.71. The van der Waals surface area contributed by atoms with Crippen LogP contribution in [0.5, 0.6) is 23.3 Å². The van der Waals surface area contributed by atoms with Crippen molar-refractivity contribution in [3.63, 3.8) is 0 Å². The van der Waals surface area contributed by atoms with Gasteiger partial charge in [-0.2, -0.15) is 32.2 Å². The monoisotopic (exact) mass is 1260 g/mol. The third kappa shape index (κ3) is 25.8. The number of alkyl halides is 4. The summed E-state index contributed by atoms with van der Waals surface area (Å²) in [6, 6.07) is 9.08. The molecule has 2 amide bonds. The molecule has 25 nitrogen and oxygen atoms in total. The van der Waals surface area contributed by atoms with Crippen LogP contribution in [-0.2, 0) is 35.7 Å². The number of anilines is 1. The number of halogens is 8. The number of hydrogen-bond donors (Lipinski definition) is 7. The number of urea groups is 1. The lowest BCUT2D eigenvalue weighted by molar-refractivity contribution is -0.193. The predicted octanol–water partition coefficient (Wildman–Crippen LogP) is 6.69. The summed E-state index contributed by atoms with van der Waals surface area (Å²) in [6.07, 6.45) is 11.0. The van der Waals surface area contributed by atoms with Crippen LogP contribution < -0.4 is 45.0 Å². The van der Waals surface area contributed by atoms with Crippen LogP contribution in [0.1, 0.15) is 47.4 Å². The van der Waals surface area contributed by atoms with E-state index in [9.17, 15) is 59.4 Å². The number of methoxy groups -OCH3 is 1. The zero-order valence-corrected chi connectivity index (χ0v) is 47.2. The average molecular weight is 1260 g/mol. The van der Waals surface area contributed by atoms with Gasteiger partial charge < -0.3 is 53.0 Å². The number of carbonyl (C=O) groups is 4. The van der Waals surface area contributed by atoms with Gasteiger partial charge in [-0.15, -0.1) is 11.5 Å². The van der Waals surface area contributed by atoms with Gasteiger partial charge in [0.25, 0.3) is 10.0 Å². The molecule has 434 valence electrons. The van der Waals surface area contributed by atoms with Crippen molar-refractivity contribution in [2.75, 3.05) is 50.6 Å². The van der Waals surface area contributed by atoms with Gasteiger partial charge in [0.05, 0.1) is 76.1 Å². The Bertz CT molecular complexity index is 3150. The van der Waals surface area contributed by atoms with Crippen molar-refractivity contribution in [3.8, 4) is 41.3 Å². The maximum Gasteiger partial charge on any atom is 0.442 e. The third-order valence-electron chi connectivity index (χ3n) is 7.75. The van der Waals surface area contributed by atoms with Crippen LogP contribution in [0.25, 0.3) is 5.69 Å². The van der Waals surface area contributed by atoms with E-state index in [0.717, 1.165) is 16.8 Å². The van der Waals surface area contributed by atoms with E-state index in [1.54, 1.807) is 5.32 Å². The van der Waals surface area contributed by atoms with E-state index < -0.39 is 107 Å².